The Morgan fingerprint density at radius 3 is 2.44 bits per heavy atom. The molecule has 0 aromatic heterocycles. The van der Waals surface area contributed by atoms with Crippen LogP contribution >= 0.6 is 15.9 Å². The van der Waals surface area contributed by atoms with Crippen LogP contribution in [-0.2, 0) is 9.59 Å². The SMILES string of the molecule is O=C1CC(Nc2ccc(Br)cc2)C(=O)N1C1CC1. The summed E-state index contributed by atoms with van der Waals surface area (Å²) in [6, 6.07) is 7.36. The molecule has 4 nitrogen and oxygen atoms in total. The molecular formula is C13H13BrN2O2. The van der Waals surface area contributed by atoms with Gasteiger partial charge in [0.1, 0.15) is 6.04 Å². The summed E-state index contributed by atoms with van der Waals surface area (Å²) in [5.74, 6) is -0.123. The van der Waals surface area contributed by atoms with E-state index in [0.717, 1.165) is 23.0 Å². The minimum atomic E-state index is -0.403. The number of anilines is 1. The van der Waals surface area contributed by atoms with Gasteiger partial charge in [-0.2, -0.15) is 0 Å². The predicted molar refractivity (Wildman–Crippen MR) is 71.0 cm³/mol. The number of carbonyl (C=O) groups is 2. The molecule has 1 aliphatic heterocycles. The van der Waals surface area contributed by atoms with Crippen LogP contribution in [0.4, 0.5) is 5.69 Å². The Hall–Kier alpha value is -1.36. The summed E-state index contributed by atoms with van der Waals surface area (Å²) in [4.78, 5) is 25.3. The molecule has 0 bridgehead atoms. The molecule has 1 heterocycles. The molecule has 2 fully saturated rings. The number of hydrogen-bond acceptors (Lipinski definition) is 3. The van der Waals surface area contributed by atoms with Gasteiger partial charge < -0.3 is 5.32 Å². The zero-order valence-electron chi connectivity index (χ0n) is 9.73. The van der Waals surface area contributed by atoms with Gasteiger partial charge >= 0.3 is 0 Å². The van der Waals surface area contributed by atoms with Crippen molar-refractivity contribution in [1.29, 1.82) is 0 Å². The van der Waals surface area contributed by atoms with Gasteiger partial charge in [0.2, 0.25) is 5.91 Å². The normalized spacial score (nSPS) is 23.6. The van der Waals surface area contributed by atoms with E-state index in [1.165, 1.54) is 4.90 Å². The molecule has 1 saturated carbocycles. The number of hydrogen-bond donors (Lipinski definition) is 1. The molecule has 1 unspecified atom stereocenters. The van der Waals surface area contributed by atoms with Gasteiger partial charge in [0.25, 0.3) is 5.91 Å². The van der Waals surface area contributed by atoms with Gasteiger partial charge in [-0.05, 0) is 37.1 Å². The second-order valence-corrected chi connectivity index (χ2v) is 5.66. The number of nitrogens with zero attached hydrogens (tertiary/aromatic N) is 1. The largest absolute Gasteiger partial charge is 0.373 e. The van der Waals surface area contributed by atoms with Gasteiger partial charge in [-0.15, -0.1) is 0 Å². The summed E-state index contributed by atoms with van der Waals surface area (Å²) in [5, 5.41) is 3.13. The van der Waals surface area contributed by atoms with E-state index in [-0.39, 0.29) is 24.3 Å². The first-order valence-corrected chi connectivity index (χ1v) is 6.82. The number of likely N-dealkylation sites (tertiary alicyclic amines) is 1. The predicted octanol–water partition coefficient (Wildman–Crippen LogP) is 2.15. The number of amides is 2. The molecule has 1 aromatic rings. The summed E-state index contributed by atoms with van der Waals surface area (Å²) in [7, 11) is 0. The monoisotopic (exact) mass is 308 g/mol. The first kappa shape index (κ1) is 11.7. The van der Waals surface area contributed by atoms with Crippen molar-refractivity contribution in [3.63, 3.8) is 0 Å². The standard InChI is InChI=1S/C13H13BrN2O2/c14-8-1-3-9(4-2-8)15-11-7-12(17)16(13(11)18)10-5-6-10/h1-4,10-11,15H,5-7H2. The van der Waals surface area contributed by atoms with Crippen molar-refractivity contribution in [3.05, 3.63) is 28.7 Å². The van der Waals surface area contributed by atoms with Crippen LogP contribution in [0.2, 0.25) is 0 Å². The molecular weight excluding hydrogens is 296 g/mol. The first-order chi connectivity index (χ1) is 8.65. The molecule has 1 N–H and O–H groups in total. The third-order valence-corrected chi connectivity index (χ3v) is 3.81. The van der Waals surface area contributed by atoms with Crippen LogP contribution in [-0.4, -0.2) is 28.8 Å². The third kappa shape index (κ3) is 2.14. The van der Waals surface area contributed by atoms with Crippen molar-refractivity contribution in [2.45, 2.75) is 31.3 Å². The topological polar surface area (TPSA) is 49.4 Å². The molecule has 0 radical (unpaired) electrons. The lowest BCUT2D eigenvalue weighted by molar-refractivity contribution is -0.139. The lowest BCUT2D eigenvalue weighted by Crippen LogP contribution is -2.36. The number of rotatable bonds is 3. The van der Waals surface area contributed by atoms with Crippen molar-refractivity contribution in [2.75, 3.05) is 5.32 Å². The van der Waals surface area contributed by atoms with Crippen molar-refractivity contribution in [2.24, 2.45) is 0 Å². The minimum Gasteiger partial charge on any atom is -0.373 e. The van der Waals surface area contributed by atoms with E-state index in [9.17, 15) is 9.59 Å². The molecule has 1 saturated heterocycles. The number of carbonyl (C=O) groups excluding carboxylic acids is 2. The van der Waals surface area contributed by atoms with Crippen LogP contribution in [0.1, 0.15) is 19.3 Å². The zero-order valence-corrected chi connectivity index (χ0v) is 11.3. The highest BCUT2D eigenvalue weighted by Gasteiger charge is 2.45. The molecule has 5 heteroatoms. The van der Waals surface area contributed by atoms with E-state index in [1.807, 2.05) is 24.3 Å². The lowest BCUT2D eigenvalue weighted by atomic mass is 10.2. The summed E-state index contributed by atoms with van der Waals surface area (Å²) >= 11 is 3.36. The highest BCUT2D eigenvalue weighted by atomic mass is 79.9. The molecule has 3 rings (SSSR count). The van der Waals surface area contributed by atoms with Gasteiger partial charge in [0.15, 0.2) is 0 Å². The molecule has 0 spiro atoms. The molecule has 94 valence electrons. The summed E-state index contributed by atoms with van der Waals surface area (Å²) < 4.78 is 0.987. The van der Waals surface area contributed by atoms with Crippen LogP contribution in [0.25, 0.3) is 0 Å². The maximum absolute atomic E-state index is 12.1. The van der Waals surface area contributed by atoms with E-state index in [1.54, 1.807) is 0 Å². The van der Waals surface area contributed by atoms with Crippen LogP contribution in [0.3, 0.4) is 0 Å². The van der Waals surface area contributed by atoms with E-state index in [4.69, 9.17) is 0 Å². The fraction of sp³-hybridized carbons (Fsp3) is 0.385. The fourth-order valence-corrected chi connectivity index (χ4v) is 2.49. The lowest BCUT2D eigenvalue weighted by Gasteiger charge is -2.15. The third-order valence-electron chi connectivity index (χ3n) is 3.28. The Bertz CT molecular complexity index is 496. The van der Waals surface area contributed by atoms with Crippen LogP contribution in [0.15, 0.2) is 28.7 Å². The van der Waals surface area contributed by atoms with Crippen LogP contribution < -0.4 is 5.32 Å². The van der Waals surface area contributed by atoms with E-state index >= 15 is 0 Å². The van der Waals surface area contributed by atoms with Gasteiger partial charge in [-0.3, -0.25) is 14.5 Å². The smallest absolute Gasteiger partial charge is 0.252 e. The van der Waals surface area contributed by atoms with Crippen molar-refractivity contribution >= 4 is 33.4 Å². The van der Waals surface area contributed by atoms with Crippen molar-refractivity contribution < 1.29 is 9.59 Å². The summed E-state index contributed by atoms with van der Waals surface area (Å²) in [6.07, 6.45) is 2.19. The molecule has 1 atom stereocenters. The second kappa shape index (κ2) is 4.39. The molecule has 18 heavy (non-hydrogen) atoms. The number of nitrogens with one attached hydrogen (secondary N) is 1. The van der Waals surface area contributed by atoms with Gasteiger partial charge in [-0.1, -0.05) is 15.9 Å². The summed E-state index contributed by atoms with van der Waals surface area (Å²) in [5.41, 5.74) is 0.863. The Morgan fingerprint density at radius 2 is 1.83 bits per heavy atom. The Balaban J connectivity index is 1.72. The van der Waals surface area contributed by atoms with E-state index < -0.39 is 6.04 Å². The zero-order chi connectivity index (χ0) is 12.7. The highest BCUT2D eigenvalue weighted by molar-refractivity contribution is 9.10. The van der Waals surface area contributed by atoms with Crippen LogP contribution in [0.5, 0.6) is 0 Å². The Kier molecular flexibility index (Phi) is 2.86. The van der Waals surface area contributed by atoms with Gasteiger partial charge in [-0.25, -0.2) is 0 Å². The average molecular weight is 309 g/mol. The number of imide groups is 1. The highest BCUT2D eigenvalue weighted by Crippen LogP contribution is 2.32. The minimum absolute atomic E-state index is 0.0443. The van der Waals surface area contributed by atoms with E-state index in [2.05, 4.69) is 21.2 Å². The van der Waals surface area contributed by atoms with E-state index in [0.29, 0.717) is 0 Å². The maximum Gasteiger partial charge on any atom is 0.252 e. The number of benzene rings is 1. The van der Waals surface area contributed by atoms with Crippen molar-refractivity contribution in [3.8, 4) is 0 Å². The second-order valence-electron chi connectivity index (χ2n) is 4.74. The molecule has 2 aliphatic rings. The maximum atomic E-state index is 12.1. The Labute approximate surface area is 113 Å². The number of halogens is 1. The van der Waals surface area contributed by atoms with Gasteiger partial charge in [0, 0.05) is 16.2 Å². The molecule has 2 amide bonds. The molecule has 1 aliphatic carbocycles. The summed E-state index contributed by atoms with van der Waals surface area (Å²) in [6.45, 7) is 0. The Morgan fingerprint density at radius 1 is 1.17 bits per heavy atom. The first-order valence-electron chi connectivity index (χ1n) is 6.03. The van der Waals surface area contributed by atoms with Crippen molar-refractivity contribution in [1.82, 2.24) is 4.90 Å². The van der Waals surface area contributed by atoms with Crippen LogP contribution in [0, 0.1) is 0 Å². The van der Waals surface area contributed by atoms with Gasteiger partial charge in [0.05, 0.1) is 6.42 Å². The quantitative estimate of drug-likeness (QED) is 0.871. The average Bonchev–Trinajstić information content (AvgIpc) is 3.12. The fourth-order valence-electron chi connectivity index (χ4n) is 2.23. The molecule has 1 aromatic carbocycles.